The van der Waals surface area contributed by atoms with Crippen molar-refractivity contribution < 1.29 is 4.74 Å². The predicted molar refractivity (Wildman–Crippen MR) is 67.5 cm³/mol. The molecule has 0 spiro atoms. The Labute approximate surface area is 103 Å². The van der Waals surface area contributed by atoms with E-state index in [9.17, 15) is 4.79 Å². The molecule has 1 atom stereocenters. The van der Waals surface area contributed by atoms with Crippen molar-refractivity contribution >= 4 is 21.6 Å². The second-order valence-electron chi connectivity index (χ2n) is 4.33. The molecule has 3 heterocycles. The van der Waals surface area contributed by atoms with Gasteiger partial charge in [0.2, 0.25) is 0 Å². The fourth-order valence-electron chi connectivity index (χ4n) is 2.19. The van der Waals surface area contributed by atoms with Crippen LogP contribution < -0.4 is 5.56 Å². The minimum absolute atomic E-state index is 0.0467. The van der Waals surface area contributed by atoms with E-state index in [-0.39, 0.29) is 11.7 Å². The van der Waals surface area contributed by atoms with Gasteiger partial charge < -0.3 is 4.74 Å². The summed E-state index contributed by atoms with van der Waals surface area (Å²) in [5.41, 5.74) is 0.0467. The Balaban J connectivity index is 1.89. The van der Waals surface area contributed by atoms with Crippen LogP contribution in [0, 0.1) is 0 Å². The number of rotatable bonds is 2. The summed E-state index contributed by atoms with van der Waals surface area (Å²) in [4.78, 5) is 17.2. The molecule has 0 N–H and O–H groups in total. The van der Waals surface area contributed by atoms with Crippen molar-refractivity contribution in [3.63, 3.8) is 0 Å². The van der Waals surface area contributed by atoms with Crippen LogP contribution in [-0.2, 0) is 11.3 Å². The lowest BCUT2D eigenvalue weighted by molar-refractivity contribution is 0.00536. The summed E-state index contributed by atoms with van der Waals surface area (Å²) in [6, 6.07) is 1.84. The van der Waals surface area contributed by atoms with Crippen LogP contribution >= 0.6 is 11.3 Å². The minimum atomic E-state index is 0.0467. The zero-order valence-electron chi connectivity index (χ0n) is 9.46. The SMILES string of the molecule is O=c1c2ccsc2ncn1C[C@@H]1CCCCO1. The molecule has 17 heavy (non-hydrogen) atoms. The zero-order valence-corrected chi connectivity index (χ0v) is 10.3. The first-order valence-corrected chi connectivity index (χ1v) is 6.77. The molecule has 1 aliphatic rings. The van der Waals surface area contributed by atoms with Crippen molar-refractivity contribution in [2.75, 3.05) is 6.61 Å². The first kappa shape index (κ1) is 10.9. The molecule has 2 aromatic heterocycles. The topological polar surface area (TPSA) is 44.1 Å². The summed E-state index contributed by atoms with van der Waals surface area (Å²) < 4.78 is 7.32. The van der Waals surface area contributed by atoms with E-state index in [1.165, 1.54) is 17.8 Å². The molecule has 0 aliphatic carbocycles. The van der Waals surface area contributed by atoms with Crippen LogP contribution in [0.5, 0.6) is 0 Å². The largest absolute Gasteiger partial charge is 0.376 e. The lowest BCUT2D eigenvalue weighted by Gasteiger charge is -2.22. The van der Waals surface area contributed by atoms with Gasteiger partial charge in [0.25, 0.3) is 5.56 Å². The highest BCUT2D eigenvalue weighted by atomic mass is 32.1. The number of thiophene rings is 1. The van der Waals surface area contributed by atoms with Crippen molar-refractivity contribution in [3.8, 4) is 0 Å². The van der Waals surface area contributed by atoms with Gasteiger partial charge in [0.1, 0.15) is 4.83 Å². The highest BCUT2D eigenvalue weighted by molar-refractivity contribution is 7.16. The molecule has 0 saturated carbocycles. The van der Waals surface area contributed by atoms with E-state index in [0.29, 0.717) is 11.9 Å². The molecule has 2 aromatic rings. The number of ether oxygens (including phenoxy) is 1. The van der Waals surface area contributed by atoms with Gasteiger partial charge in [-0.1, -0.05) is 0 Å². The number of nitrogens with zero attached hydrogens (tertiary/aromatic N) is 2. The fourth-order valence-corrected chi connectivity index (χ4v) is 2.92. The second-order valence-corrected chi connectivity index (χ2v) is 5.22. The van der Waals surface area contributed by atoms with Crippen LogP contribution in [0.4, 0.5) is 0 Å². The first-order chi connectivity index (χ1) is 8.34. The van der Waals surface area contributed by atoms with Crippen LogP contribution in [0.15, 0.2) is 22.6 Å². The Hall–Kier alpha value is -1.20. The Bertz CT molecular complexity index is 569. The lowest BCUT2D eigenvalue weighted by Crippen LogP contribution is -2.30. The Kier molecular flexibility index (Phi) is 2.94. The predicted octanol–water partition coefficient (Wildman–Crippen LogP) is 2.03. The maximum atomic E-state index is 12.1. The van der Waals surface area contributed by atoms with Gasteiger partial charge in [-0.15, -0.1) is 11.3 Å². The van der Waals surface area contributed by atoms with Crippen molar-refractivity contribution in [1.29, 1.82) is 0 Å². The highest BCUT2D eigenvalue weighted by Gasteiger charge is 2.15. The Morgan fingerprint density at radius 1 is 1.53 bits per heavy atom. The van der Waals surface area contributed by atoms with Gasteiger partial charge in [-0.3, -0.25) is 9.36 Å². The number of aromatic nitrogens is 2. The smallest absolute Gasteiger partial charge is 0.262 e. The summed E-state index contributed by atoms with van der Waals surface area (Å²) in [5, 5.41) is 2.62. The molecule has 1 aliphatic heterocycles. The van der Waals surface area contributed by atoms with E-state index < -0.39 is 0 Å². The molecular weight excluding hydrogens is 236 g/mol. The van der Waals surface area contributed by atoms with E-state index in [2.05, 4.69) is 4.98 Å². The van der Waals surface area contributed by atoms with Gasteiger partial charge in [0, 0.05) is 6.61 Å². The van der Waals surface area contributed by atoms with Gasteiger partial charge in [0.15, 0.2) is 0 Å². The van der Waals surface area contributed by atoms with Crippen LogP contribution in [0.2, 0.25) is 0 Å². The molecule has 0 bridgehead atoms. The highest BCUT2D eigenvalue weighted by Crippen LogP contribution is 2.16. The molecule has 5 heteroatoms. The summed E-state index contributed by atoms with van der Waals surface area (Å²) in [5.74, 6) is 0. The van der Waals surface area contributed by atoms with Crippen molar-refractivity contribution in [2.45, 2.75) is 31.9 Å². The molecule has 0 unspecified atom stereocenters. The average molecular weight is 250 g/mol. The summed E-state index contributed by atoms with van der Waals surface area (Å²) in [7, 11) is 0. The molecule has 0 amide bonds. The third kappa shape index (κ3) is 2.12. The minimum Gasteiger partial charge on any atom is -0.376 e. The van der Waals surface area contributed by atoms with Gasteiger partial charge in [-0.05, 0) is 30.7 Å². The maximum absolute atomic E-state index is 12.1. The molecule has 4 nitrogen and oxygen atoms in total. The summed E-state index contributed by atoms with van der Waals surface area (Å²) in [6.07, 6.45) is 5.16. The molecule has 1 saturated heterocycles. The molecule has 1 fully saturated rings. The van der Waals surface area contributed by atoms with Gasteiger partial charge in [0.05, 0.1) is 24.4 Å². The molecular formula is C12H14N2O2S. The molecule has 0 radical (unpaired) electrons. The van der Waals surface area contributed by atoms with Crippen molar-refractivity contribution in [3.05, 3.63) is 28.1 Å². The first-order valence-electron chi connectivity index (χ1n) is 5.89. The third-order valence-electron chi connectivity index (χ3n) is 3.12. The molecule has 3 rings (SSSR count). The quantitative estimate of drug-likeness (QED) is 0.819. The normalized spacial score (nSPS) is 20.8. The van der Waals surface area contributed by atoms with E-state index >= 15 is 0 Å². The van der Waals surface area contributed by atoms with E-state index in [0.717, 1.165) is 24.3 Å². The lowest BCUT2D eigenvalue weighted by atomic mass is 10.1. The standard InChI is InChI=1S/C12H14N2O2S/c15-12-10-4-6-17-11(10)13-8-14(12)7-9-3-1-2-5-16-9/h4,6,8-9H,1-3,5,7H2/t9-/m0/s1. The summed E-state index contributed by atoms with van der Waals surface area (Å²) in [6.45, 7) is 1.44. The monoisotopic (exact) mass is 250 g/mol. The molecule has 90 valence electrons. The van der Waals surface area contributed by atoms with E-state index in [1.54, 1.807) is 10.9 Å². The second kappa shape index (κ2) is 4.58. The van der Waals surface area contributed by atoms with Crippen molar-refractivity contribution in [1.82, 2.24) is 9.55 Å². The number of hydrogen-bond acceptors (Lipinski definition) is 4. The number of fused-ring (bicyclic) bond motifs is 1. The third-order valence-corrected chi connectivity index (χ3v) is 3.95. The molecule has 0 aromatic carbocycles. The maximum Gasteiger partial charge on any atom is 0.262 e. The van der Waals surface area contributed by atoms with E-state index in [4.69, 9.17) is 4.74 Å². The number of hydrogen-bond donors (Lipinski definition) is 0. The van der Waals surface area contributed by atoms with Crippen LogP contribution in [-0.4, -0.2) is 22.3 Å². The van der Waals surface area contributed by atoms with Crippen LogP contribution in [0.1, 0.15) is 19.3 Å². The van der Waals surface area contributed by atoms with Crippen LogP contribution in [0.3, 0.4) is 0 Å². The van der Waals surface area contributed by atoms with E-state index in [1.807, 2.05) is 11.4 Å². The van der Waals surface area contributed by atoms with Gasteiger partial charge in [-0.2, -0.15) is 0 Å². The van der Waals surface area contributed by atoms with Gasteiger partial charge in [-0.25, -0.2) is 4.98 Å². The Morgan fingerprint density at radius 3 is 3.29 bits per heavy atom. The van der Waals surface area contributed by atoms with Crippen LogP contribution in [0.25, 0.3) is 10.2 Å². The Morgan fingerprint density at radius 2 is 2.47 bits per heavy atom. The summed E-state index contributed by atoms with van der Waals surface area (Å²) >= 11 is 1.50. The van der Waals surface area contributed by atoms with Crippen molar-refractivity contribution in [2.24, 2.45) is 0 Å². The van der Waals surface area contributed by atoms with Gasteiger partial charge >= 0.3 is 0 Å². The average Bonchev–Trinajstić information content (AvgIpc) is 2.83. The zero-order chi connectivity index (χ0) is 11.7. The fraction of sp³-hybridized carbons (Fsp3) is 0.500.